The van der Waals surface area contributed by atoms with Crippen molar-refractivity contribution in [2.45, 2.75) is 32.2 Å². The molecule has 25 heavy (non-hydrogen) atoms. The Bertz CT molecular complexity index is 638. The highest BCUT2D eigenvalue weighted by molar-refractivity contribution is 5.93. The van der Waals surface area contributed by atoms with E-state index in [-0.39, 0.29) is 11.3 Å². The van der Waals surface area contributed by atoms with Crippen molar-refractivity contribution in [1.29, 1.82) is 0 Å². The third kappa shape index (κ3) is 3.61. The third-order valence-corrected chi connectivity index (χ3v) is 5.62. The first-order valence-electron chi connectivity index (χ1n) is 8.87. The van der Waals surface area contributed by atoms with Gasteiger partial charge in [-0.3, -0.25) is 9.59 Å². The maximum atomic E-state index is 12.1. The standard InChI is InChI=1S/C18H26N4O3/c1-3-21(2)16(23)13-4-5-15(19-11-13)22-8-6-18(7-9-22)10-14(17(24)25)20-12-18/h4-5,11,14,20H,3,6-10,12H2,1-2H3,(H,24,25)/t14-/m0/s1. The van der Waals surface area contributed by atoms with E-state index in [0.717, 1.165) is 38.3 Å². The Morgan fingerprint density at radius 2 is 2.12 bits per heavy atom. The molecule has 136 valence electrons. The van der Waals surface area contributed by atoms with Crippen molar-refractivity contribution < 1.29 is 14.7 Å². The largest absolute Gasteiger partial charge is 0.480 e. The zero-order valence-electron chi connectivity index (χ0n) is 14.9. The Morgan fingerprint density at radius 3 is 2.64 bits per heavy atom. The van der Waals surface area contributed by atoms with Crippen LogP contribution in [0.5, 0.6) is 0 Å². The van der Waals surface area contributed by atoms with Gasteiger partial charge in [-0.25, -0.2) is 4.98 Å². The highest BCUT2D eigenvalue weighted by Crippen LogP contribution is 2.40. The Hall–Kier alpha value is -2.15. The molecule has 0 bridgehead atoms. The quantitative estimate of drug-likeness (QED) is 0.852. The fourth-order valence-electron chi connectivity index (χ4n) is 3.75. The summed E-state index contributed by atoms with van der Waals surface area (Å²) in [5.74, 6) is 0.112. The van der Waals surface area contributed by atoms with E-state index in [9.17, 15) is 14.7 Å². The molecule has 0 unspecified atom stereocenters. The minimum absolute atomic E-state index is 0.0177. The lowest BCUT2D eigenvalue weighted by Gasteiger charge is -2.39. The lowest BCUT2D eigenvalue weighted by atomic mass is 9.76. The first-order valence-corrected chi connectivity index (χ1v) is 8.87. The highest BCUT2D eigenvalue weighted by Gasteiger charge is 2.43. The number of nitrogens with zero attached hydrogens (tertiary/aromatic N) is 3. The van der Waals surface area contributed by atoms with Crippen molar-refractivity contribution in [3.8, 4) is 0 Å². The summed E-state index contributed by atoms with van der Waals surface area (Å²) in [7, 11) is 1.78. The van der Waals surface area contributed by atoms with Gasteiger partial charge < -0.3 is 20.2 Å². The van der Waals surface area contributed by atoms with Crippen molar-refractivity contribution in [2.24, 2.45) is 5.41 Å². The molecule has 2 fully saturated rings. The molecule has 7 nitrogen and oxygen atoms in total. The summed E-state index contributed by atoms with van der Waals surface area (Å²) in [5.41, 5.74) is 0.699. The molecule has 0 aliphatic carbocycles. The van der Waals surface area contributed by atoms with Crippen LogP contribution in [0.15, 0.2) is 18.3 Å². The van der Waals surface area contributed by atoms with E-state index >= 15 is 0 Å². The van der Waals surface area contributed by atoms with Crippen molar-refractivity contribution >= 4 is 17.7 Å². The van der Waals surface area contributed by atoms with Gasteiger partial charge in [-0.1, -0.05) is 0 Å². The maximum absolute atomic E-state index is 12.1. The summed E-state index contributed by atoms with van der Waals surface area (Å²) >= 11 is 0. The SMILES string of the molecule is CCN(C)C(=O)c1ccc(N2CCC3(CC2)CN[C@H](C(=O)O)C3)nc1. The van der Waals surface area contributed by atoms with Gasteiger partial charge in [-0.2, -0.15) is 0 Å². The first kappa shape index (κ1) is 17.7. The molecular formula is C18H26N4O3. The number of carbonyl (C=O) groups is 2. The van der Waals surface area contributed by atoms with Crippen LogP contribution in [0, 0.1) is 5.41 Å². The smallest absolute Gasteiger partial charge is 0.320 e. The number of carbonyl (C=O) groups excluding carboxylic acids is 1. The van der Waals surface area contributed by atoms with E-state index in [2.05, 4.69) is 15.2 Å². The summed E-state index contributed by atoms with van der Waals surface area (Å²) in [4.78, 5) is 31.6. The van der Waals surface area contributed by atoms with Gasteiger partial charge in [-0.15, -0.1) is 0 Å². The average Bonchev–Trinajstić information content (AvgIpc) is 3.05. The number of pyridine rings is 1. The number of anilines is 1. The topological polar surface area (TPSA) is 85.8 Å². The highest BCUT2D eigenvalue weighted by atomic mass is 16.4. The van der Waals surface area contributed by atoms with E-state index < -0.39 is 12.0 Å². The lowest BCUT2D eigenvalue weighted by molar-refractivity contribution is -0.139. The number of piperidine rings is 1. The molecule has 2 N–H and O–H groups in total. The van der Waals surface area contributed by atoms with Crippen LogP contribution in [0.4, 0.5) is 5.82 Å². The van der Waals surface area contributed by atoms with Gasteiger partial charge in [0.05, 0.1) is 5.56 Å². The molecule has 1 atom stereocenters. The van der Waals surface area contributed by atoms with Gasteiger partial charge in [0.15, 0.2) is 0 Å². The van der Waals surface area contributed by atoms with Crippen molar-refractivity contribution in [1.82, 2.24) is 15.2 Å². The summed E-state index contributed by atoms with van der Waals surface area (Å²) in [6, 6.07) is 3.33. The van der Waals surface area contributed by atoms with Gasteiger partial charge in [0.1, 0.15) is 11.9 Å². The second-order valence-corrected chi connectivity index (χ2v) is 7.19. The molecule has 2 aliphatic rings. The van der Waals surface area contributed by atoms with Crippen molar-refractivity contribution in [3.63, 3.8) is 0 Å². The molecule has 1 aromatic heterocycles. The number of carboxylic acid groups (broad SMARTS) is 1. The number of hydrogen-bond acceptors (Lipinski definition) is 5. The third-order valence-electron chi connectivity index (χ3n) is 5.62. The molecule has 0 saturated carbocycles. The molecule has 2 saturated heterocycles. The molecule has 1 amide bonds. The van der Waals surface area contributed by atoms with Crippen molar-refractivity contribution in [2.75, 3.05) is 38.1 Å². The number of aromatic nitrogens is 1. The van der Waals surface area contributed by atoms with Gasteiger partial charge in [0.25, 0.3) is 5.91 Å². The minimum Gasteiger partial charge on any atom is -0.480 e. The molecular weight excluding hydrogens is 320 g/mol. The monoisotopic (exact) mass is 346 g/mol. The average molecular weight is 346 g/mol. The Kier molecular flexibility index (Phi) is 4.94. The van der Waals surface area contributed by atoms with E-state index in [4.69, 9.17) is 0 Å². The van der Waals surface area contributed by atoms with E-state index in [1.54, 1.807) is 18.1 Å². The number of aliphatic carboxylic acids is 1. The molecule has 2 aliphatic heterocycles. The van der Waals surface area contributed by atoms with Crippen LogP contribution in [0.25, 0.3) is 0 Å². The second-order valence-electron chi connectivity index (χ2n) is 7.19. The minimum atomic E-state index is -0.752. The molecule has 0 radical (unpaired) electrons. The van der Waals surface area contributed by atoms with E-state index in [0.29, 0.717) is 18.5 Å². The number of carboxylic acids is 1. The van der Waals surface area contributed by atoms with Crippen LogP contribution >= 0.6 is 0 Å². The van der Waals surface area contributed by atoms with Gasteiger partial charge >= 0.3 is 5.97 Å². The molecule has 1 aromatic rings. The van der Waals surface area contributed by atoms with Crippen LogP contribution in [0.1, 0.15) is 36.5 Å². The van der Waals surface area contributed by atoms with Gasteiger partial charge in [0.2, 0.25) is 0 Å². The Morgan fingerprint density at radius 1 is 1.40 bits per heavy atom. The fourth-order valence-corrected chi connectivity index (χ4v) is 3.75. The second kappa shape index (κ2) is 7.00. The zero-order valence-corrected chi connectivity index (χ0v) is 14.9. The van der Waals surface area contributed by atoms with Crippen molar-refractivity contribution in [3.05, 3.63) is 23.9 Å². The van der Waals surface area contributed by atoms with Crippen LogP contribution < -0.4 is 10.2 Å². The zero-order chi connectivity index (χ0) is 18.0. The van der Waals surface area contributed by atoms with Crippen LogP contribution in [0.3, 0.4) is 0 Å². The first-order chi connectivity index (χ1) is 11.9. The summed E-state index contributed by atoms with van der Waals surface area (Å²) in [6.07, 6.45) is 4.28. The van der Waals surface area contributed by atoms with Crippen LogP contribution in [-0.4, -0.2) is 66.1 Å². The van der Waals surface area contributed by atoms with Gasteiger partial charge in [-0.05, 0) is 43.7 Å². The number of amides is 1. The molecule has 7 heteroatoms. The number of nitrogens with one attached hydrogen (secondary N) is 1. The van der Waals surface area contributed by atoms with Crippen LogP contribution in [-0.2, 0) is 4.79 Å². The van der Waals surface area contributed by atoms with E-state index in [1.165, 1.54) is 0 Å². The Balaban J connectivity index is 1.60. The fraction of sp³-hybridized carbons (Fsp3) is 0.611. The normalized spacial score (nSPS) is 22.2. The molecule has 1 spiro atoms. The summed E-state index contributed by atoms with van der Waals surface area (Å²) in [6.45, 7) is 5.12. The summed E-state index contributed by atoms with van der Waals surface area (Å²) < 4.78 is 0. The number of hydrogen-bond donors (Lipinski definition) is 2. The number of rotatable bonds is 4. The molecule has 3 rings (SSSR count). The summed E-state index contributed by atoms with van der Waals surface area (Å²) in [5, 5.41) is 12.3. The lowest BCUT2D eigenvalue weighted by Crippen LogP contribution is -2.41. The van der Waals surface area contributed by atoms with Gasteiger partial charge in [0, 0.05) is 39.4 Å². The molecule has 3 heterocycles. The Labute approximate surface area is 148 Å². The maximum Gasteiger partial charge on any atom is 0.320 e. The van der Waals surface area contributed by atoms with E-state index in [1.807, 2.05) is 19.1 Å². The molecule has 0 aromatic carbocycles. The predicted octanol–water partition coefficient (Wildman–Crippen LogP) is 1.21. The predicted molar refractivity (Wildman–Crippen MR) is 94.8 cm³/mol. The van der Waals surface area contributed by atoms with Crippen LogP contribution in [0.2, 0.25) is 0 Å².